The second-order valence-corrected chi connectivity index (χ2v) is 8.33. The molecule has 2 heterocycles. The molecule has 4 rings (SSSR count). The molecule has 4 atom stereocenters. The van der Waals surface area contributed by atoms with E-state index < -0.39 is 6.10 Å². The summed E-state index contributed by atoms with van der Waals surface area (Å²) < 4.78 is 12.0. The predicted molar refractivity (Wildman–Crippen MR) is 108 cm³/mol. The summed E-state index contributed by atoms with van der Waals surface area (Å²) in [6.07, 6.45) is 3.83. The highest BCUT2D eigenvalue weighted by Crippen LogP contribution is 2.47. The molecule has 1 aromatic rings. The number of rotatable bonds is 7. The quantitative estimate of drug-likeness (QED) is 0.650. The van der Waals surface area contributed by atoms with Crippen molar-refractivity contribution in [1.82, 2.24) is 5.32 Å². The smallest absolute Gasteiger partial charge is 0.227 e. The zero-order chi connectivity index (χ0) is 20.4. The van der Waals surface area contributed by atoms with Crippen molar-refractivity contribution in [3.05, 3.63) is 23.8 Å². The second-order valence-electron chi connectivity index (χ2n) is 8.33. The summed E-state index contributed by atoms with van der Waals surface area (Å²) in [5.41, 5.74) is 1.79. The highest BCUT2D eigenvalue weighted by Gasteiger charge is 2.46. The molecular formula is C22H30N2O5. The van der Waals surface area contributed by atoms with E-state index in [1.807, 2.05) is 25.1 Å². The van der Waals surface area contributed by atoms with Crippen LogP contribution < -0.4 is 15.4 Å². The number of amides is 2. The maximum absolute atomic E-state index is 12.3. The standard InChI is InChI=1S/C22H30N2O5/c1-2-8-23-20(26)11-15-10-17-16-9-14(24-22(27)13-4-3-5-13)6-7-18(16)29-21(17)19(12-25)28-15/h6-7,9,13,15,17,19,21,25H,2-5,8,10-12H2,1H3,(H,23,26)(H,24,27)/t15-,17-,19+,21+/m1/s1. The molecule has 29 heavy (non-hydrogen) atoms. The van der Waals surface area contributed by atoms with E-state index >= 15 is 0 Å². The lowest BCUT2D eigenvalue weighted by molar-refractivity contribution is -0.142. The van der Waals surface area contributed by atoms with Gasteiger partial charge in [-0.15, -0.1) is 0 Å². The summed E-state index contributed by atoms with van der Waals surface area (Å²) >= 11 is 0. The van der Waals surface area contributed by atoms with Crippen molar-refractivity contribution >= 4 is 17.5 Å². The Morgan fingerprint density at radius 1 is 1.28 bits per heavy atom. The number of aliphatic hydroxyl groups is 1. The summed E-state index contributed by atoms with van der Waals surface area (Å²) in [5, 5.41) is 15.7. The van der Waals surface area contributed by atoms with Gasteiger partial charge in [0.2, 0.25) is 11.8 Å². The molecule has 1 saturated carbocycles. The normalized spacial score (nSPS) is 27.9. The van der Waals surface area contributed by atoms with Crippen molar-refractivity contribution in [3.63, 3.8) is 0 Å². The summed E-state index contributed by atoms with van der Waals surface area (Å²) in [4.78, 5) is 24.4. The lowest BCUT2D eigenvalue weighted by Crippen LogP contribution is -2.47. The zero-order valence-electron chi connectivity index (χ0n) is 16.9. The number of benzene rings is 1. The van der Waals surface area contributed by atoms with Crippen molar-refractivity contribution in [3.8, 4) is 5.75 Å². The first-order chi connectivity index (χ1) is 14.1. The SMILES string of the molecule is CCCNC(=O)C[C@H]1C[C@@H]2c3cc(NC(=O)C4CCC4)ccc3O[C@@H]2[C@H](CO)O1. The lowest BCUT2D eigenvalue weighted by Gasteiger charge is -2.37. The molecular weight excluding hydrogens is 372 g/mol. The van der Waals surface area contributed by atoms with Gasteiger partial charge in [-0.05, 0) is 43.9 Å². The Morgan fingerprint density at radius 3 is 2.79 bits per heavy atom. The van der Waals surface area contributed by atoms with Gasteiger partial charge in [-0.1, -0.05) is 13.3 Å². The first-order valence-corrected chi connectivity index (χ1v) is 10.7. The first-order valence-electron chi connectivity index (χ1n) is 10.7. The summed E-state index contributed by atoms with van der Waals surface area (Å²) in [5.74, 6) is 0.963. The van der Waals surface area contributed by atoms with Crippen LogP contribution in [-0.4, -0.2) is 48.4 Å². The highest BCUT2D eigenvalue weighted by molar-refractivity contribution is 5.93. The number of aliphatic hydroxyl groups excluding tert-OH is 1. The van der Waals surface area contributed by atoms with Crippen LogP contribution in [0.4, 0.5) is 5.69 Å². The maximum atomic E-state index is 12.3. The van der Waals surface area contributed by atoms with E-state index in [1.165, 1.54) is 0 Å². The number of fused-ring (bicyclic) bond motifs is 3. The van der Waals surface area contributed by atoms with E-state index in [-0.39, 0.29) is 48.9 Å². The fourth-order valence-corrected chi connectivity index (χ4v) is 4.43. The lowest BCUT2D eigenvalue weighted by atomic mass is 9.83. The number of nitrogens with one attached hydrogen (secondary N) is 2. The van der Waals surface area contributed by atoms with Gasteiger partial charge in [0.1, 0.15) is 18.0 Å². The molecule has 1 aromatic carbocycles. The molecule has 2 aliphatic heterocycles. The average molecular weight is 402 g/mol. The summed E-state index contributed by atoms with van der Waals surface area (Å²) in [6, 6.07) is 5.71. The Balaban J connectivity index is 1.47. The maximum Gasteiger partial charge on any atom is 0.227 e. The number of carbonyl (C=O) groups is 2. The van der Waals surface area contributed by atoms with Crippen molar-refractivity contribution in [2.24, 2.45) is 5.92 Å². The number of hydrogen-bond acceptors (Lipinski definition) is 5. The monoisotopic (exact) mass is 402 g/mol. The molecule has 0 bridgehead atoms. The molecule has 2 amide bonds. The van der Waals surface area contributed by atoms with Crippen molar-refractivity contribution in [2.45, 2.75) is 69.7 Å². The van der Waals surface area contributed by atoms with Crippen LogP contribution in [0.3, 0.4) is 0 Å². The number of hydrogen-bond donors (Lipinski definition) is 3. The van der Waals surface area contributed by atoms with Crippen LogP contribution in [0.15, 0.2) is 18.2 Å². The van der Waals surface area contributed by atoms with Gasteiger partial charge in [0.05, 0.1) is 19.1 Å². The van der Waals surface area contributed by atoms with Crippen molar-refractivity contribution < 1.29 is 24.2 Å². The van der Waals surface area contributed by atoms with Gasteiger partial charge in [0.25, 0.3) is 0 Å². The van der Waals surface area contributed by atoms with E-state index in [2.05, 4.69) is 10.6 Å². The summed E-state index contributed by atoms with van der Waals surface area (Å²) in [7, 11) is 0. The summed E-state index contributed by atoms with van der Waals surface area (Å²) in [6.45, 7) is 2.50. The van der Waals surface area contributed by atoms with E-state index in [1.54, 1.807) is 0 Å². The zero-order valence-corrected chi connectivity index (χ0v) is 16.9. The Bertz CT molecular complexity index is 764. The molecule has 158 valence electrons. The van der Waals surface area contributed by atoms with Crippen molar-refractivity contribution in [1.29, 1.82) is 0 Å². The molecule has 3 aliphatic rings. The largest absolute Gasteiger partial charge is 0.487 e. The molecule has 0 spiro atoms. The minimum Gasteiger partial charge on any atom is -0.487 e. The van der Waals surface area contributed by atoms with E-state index in [4.69, 9.17) is 9.47 Å². The van der Waals surface area contributed by atoms with Crippen molar-refractivity contribution in [2.75, 3.05) is 18.5 Å². The number of ether oxygens (including phenoxy) is 2. The molecule has 1 saturated heterocycles. The first kappa shape index (κ1) is 20.2. The van der Waals surface area contributed by atoms with Gasteiger partial charge < -0.3 is 25.2 Å². The molecule has 1 aliphatic carbocycles. The Hall–Kier alpha value is -2.12. The predicted octanol–water partition coefficient (Wildman–Crippen LogP) is 2.34. The van der Waals surface area contributed by atoms with Gasteiger partial charge in [-0.2, -0.15) is 0 Å². The Kier molecular flexibility index (Phi) is 6.06. The van der Waals surface area contributed by atoms with Gasteiger partial charge >= 0.3 is 0 Å². The van der Waals surface area contributed by atoms with Gasteiger partial charge in [-0.3, -0.25) is 9.59 Å². The van der Waals surface area contributed by atoms with Crippen LogP contribution in [0.25, 0.3) is 0 Å². The van der Waals surface area contributed by atoms with Gasteiger partial charge in [0, 0.05) is 29.6 Å². The minimum absolute atomic E-state index is 0.0282. The van der Waals surface area contributed by atoms with Crippen LogP contribution in [0.1, 0.15) is 56.9 Å². The molecule has 2 fully saturated rings. The molecule has 0 radical (unpaired) electrons. The fraction of sp³-hybridized carbons (Fsp3) is 0.636. The van der Waals surface area contributed by atoms with E-state index in [0.29, 0.717) is 13.0 Å². The molecule has 0 aromatic heterocycles. The fourth-order valence-electron chi connectivity index (χ4n) is 4.43. The Morgan fingerprint density at radius 2 is 2.10 bits per heavy atom. The van der Waals surface area contributed by atoms with Crippen LogP contribution in [0.5, 0.6) is 5.75 Å². The van der Waals surface area contributed by atoms with Crippen LogP contribution in [0, 0.1) is 5.92 Å². The van der Waals surface area contributed by atoms with E-state index in [0.717, 1.165) is 42.7 Å². The van der Waals surface area contributed by atoms with Crippen LogP contribution in [0.2, 0.25) is 0 Å². The van der Waals surface area contributed by atoms with Gasteiger partial charge in [-0.25, -0.2) is 0 Å². The second kappa shape index (κ2) is 8.71. The van der Waals surface area contributed by atoms with Crippen LogP contribution >= 0.6 is 0 Å². The molecule has 3 N–H and O–H groups in total. The van der Waals surface area contributed by atoms with Gasteiger partial charge in [0.15, 0.2) is 0 Å². The molecule has 0 unspecified atom stereocenters. The third-order valence-corrected chi connectivity index (χ3v) is 6.23. The molecule has 7 heteroatoms. The number of anilines is 1. The molecule has 7 nitrogen and oxygen atoms in total. The highest BCUT2D eigenvalue weighted by atomic mass is 16.6. The topological polar surface area (TPSA) is 96.9 Å². The van der Waals surface area contributed by atoms with E-state index in [9.17, 15) is 14.7 Å². The third-order valence-electron chi connectivity index (χ3n) is 6.23. The Labute approximate surface area is 171 Å². The number of carbonyl (C=O) groups excluding carboxylic acids is 2. The minimum atomic E-state index is -0.474. The van der Waals surface area contributed by atoms with Crippen LogP contribution in [-0.2, 0) is 14.3 Å². The third kappa shape index (κ3) is 4.26. The average Bonchev–Trinajstić information content (AvgIpc) is 3.02.